The van der Waals surface area contributed by atoms with Crippen molar-refractivity contribution in [3.8, 4) is 11.9 Å². The molecule has 0 amide bonds. The van der Waals surface area contributed by atoms with Gasteiger partial charge in [0, 0.05) is 40.7 Å². The van der Waals surface area contributed by atoms with Crippen molar-refractivity contribution < 1.29 is 0 Å². The summed E-state index contributed by atoms with van der Waals surface area (Å²) in [5, 5.41) is 28.2. The Hall–Kier alpha value is -2.84. The summed E-state index contributed by atoms with van der Waals surface area (Å²) in [7, 11) is 0. The Morgan fingerprint density at radius 1 is 1.31 bits per heavy atom. The van der Waals surface area contributed by atoms with E-state index in [4.69, 9.17) is 10.2 Å². The Morgan fingerprint density at radius 2 is 2.09 bits per heavy atom. The van der Waals surface area contributed by atoms with Crippen LogP contribution in [0.5, 0.6) is 0 Å². The molecule has 0 radical (unpaired) electrons. The van der Waals surface area contributed by atoms with Crippen molar-refractivity contribution in [3.63, 3.8) is 0 Å². The van der Waals surface area contributed by atoms with E-state index in [1.165, 1.54) is 0 Å². The second-order valence-corrected chi connectivity index (χ2v) is 10.4. The summed E-state index contributed by atoms with van der Waals surface area (Å²) in [6, 6.07) is 1.97. The first-order chi connectivity index (χ1) is 15.5. The van der Waals surface area contributed by atoms with Crippen molar-refractivity contribution in [1.82, 2.24) is 19.6 Å². The number of fused-ring (bicyclic) bond motifs is 1. The first kappa shape index (κ1) is 22.4. The van der Waals surface area contributed by atoms with E-state index in [1.807, 2.05) is 29.9 Å². The molecule has 0 aliphatic carbocycles. The molecule has 0 bridgehead atoms. The van der Waals surface area contributed by atoms with Gasteiger partial charge in [0.25, 0.3) is 6.71 Å². The fourth-order valence-corrected chi connectivity index (χ4v) is 5.21. The molecule has 3 aromatic heterocycles. The Bertz CT molecular complexity index is 1170. The van der Waals surface area contributed by atoms with E-state index in [0.29, 0.717) is 12.2 Å². The average Bonchev–Trinajstić information content (AvgIpc) is 3.41. The second-order valence-electron chi connectivity index (χ2n) is 9.03. The molecule has 1 saturated heterocycles. The van der Waals surface area contributed by atoms with Gasteiger partial charge >= 0.3 is 6.71 Å². The van der Waals surface area contributed by atoms with Crippen molar-refractivity contribution in [2.45, 2.75) is 58.5 Å². The maximum atomic E-state index is 10.0. The number of thiazole rings is 1. The van der Waals surface area contributed by atoms with Gasteiger partial charge in [-0.3, -0.25) is 4.98 Å². The van der Waals surface area contributed by atoms with Crippen molar-refractivity contribution in [3.05, 3.63) is 33.9 Å². The number of aryl methyl sites for hydroxylation is 1. The van der Waals surface area contributed by atoms with Gasteiger partial charge in [-0.2, -0.15) is 5.10 Å². The minimum absolute atomic E-state index is 0.207. The van der Waals surface area contributed by atoms with E-state index in [1.54, 1.807) is 11.3 Å². The van der Waals surface area contributed by atoms with Gasteiger partial charge in [-0.15, -0.1) is 11.3 Å². The molecule has 1 fully saturated rings. The minimum atomic E-state index is -0.363. The van der Waals surface area contributed by atoms with Crippen LogP contribution in [0.2, 0.25) is 12.6 Å². The summed E-state index contributed by atoms with van der Waals surface area (Å²) in [5.41, 5.74) is 2.72. The molecule has 0 unspecified atom stereocenters. The van der Waals surface area contributed by atoms with Crippen LogP contribution in [0.3, 0.4) is 0 Å². The van der Waals surface area contributed by atoms with Crippen LogP contribution in [0, 0.1) is 35.3 Å². The predicted molar refractivity (Wildman–Crippen MR) is 131 cm³/mol. The third-order valence-corrected chi connectivity index (χ3v) is 7.25. The maximum absolute atomic E-state index is 10.0. The number of nitrogens with one attached hydrogen (secondary N) is 1. The zero-order chi connectivity index (χ0) is 22.7. The van der Waals surface area contributed by atoms with Crippen LogP contribution in [0.15, 0.2) is 18.5 Å². The first-order valence-corrected chi connectivity index (χ1v) is 12.1. The van der Waals surface area contributed by atoms with Crippen molar-refractivity contribution in [2.24, 2.45) is 5.92 Å². The molecule has 1 aliphatic rings. The molecule has 3 aromatic rings. The van der Waals surface area contributed by atoms with Gasteiger partial charge in [0.1, 0.15) is 5.82 Å². The van der Waals surface area contributed by atoms with Crippen LogP contribution >= 0.6 is 11.3 Å². The number of hydrogen-bond acceptors (Lipinski definition) is 7. The smallest absolute Gasteiger partial charge is 0.329 e. The lowest BCUT2D eigenvalue weighted by Gasteiger charge is -2.23. The van der Waals surface area contributed by atoms with E-state index in [2.05, 4.69) is 41.2 Å². The van der Waals surface area contributed by atoms with Gasteiger partial charge in [-0.25, -0.2) is 20.0 Å². The van der Waals surface area contributed by atoms with Crippen LogP contribution in [0.4, 0.5) is 5.82 Å². The summed E-state index contributed by atoms with van der Waals surface area (Å²) in [6.45, 7) is 6.96. The largest absolute Gasteiger partial charge is 0.370 e. The normalized spacial score (nSPS) is 14.5. The summed E-state index contributed by atoms with van der Waals surface area (Å²) < 4.78 is 1.83. The highest BCUT2D eigenvalue weighted by atomic mass is 32.1. The predicted octanol–water partition coefficient (Wildman–Crippen LogP) is 3.54. The molecule has 7 nitrogen and oxygen atoms in total. The van der Waals surface area contributed by atoms with Gasteiger partial charge < -0.3 is 5.32 Å². The zero-order valence-corrected chi connectivity index (χ0v) is 19.7. The summed E-state index contributed by atoms with van der Waals surface area (Å²) in [5.74, 6) is 6.48. The van der Waals surface area contributed by atoms with Crippen LogP contribution in [0.25, 0.3) is 5.65 Å². The lowest BCUT2D eigenvalue weighted by atomic mass is 9.42. The SMILES string of the molecule is Cc1cnc(CB(C#N)c2cc(NCC3CCB(C#N)CC3)nc3c(C(C)C)cnn23)s1. The molecule has 162 valence electrons. The van der Waals surface area contributed by atoms with Crippen LogP contribution < -0.4 is 10.9 Å². The van der Waals surface area contributed by atoms with Crippen LogP contribution in [-0.4, -0.2) is 39.6 Å². The van der Waals surface area contributed by atoms with Crippen LogP contribution in [0.1, 0.15) is 48.1 Å². The Kier molecular flexibility index (Phi) is 6.81. The highest BCUT2D eigenvalue weighted by molar-refractivity contribution is 7.12. The standard InChI is InChI=1S/C22H27B2N7S/c1-15(2)18-12-29-31-19(24(14-26)9-21-28-10-16(3)32-21)8-20(30-22(18)31)27-11-17-4-6-23(13-25)7-5-17/h8,10,12,15,17H,4-7,9,11H2,1-3H3,(H,27,30). The lowest BCUT2D eigenvalue weighted by molar-refractivity contribution is 0.497. The summed E-state index contributed by atoms with van der Waals surface area (Å²) in [4.78, 5) is 10.5. The minimum Gasteiger partial charge on any atom is -0.370 e. The number of nitrogens with zero attached hydrogens (tertiary/aromatic N) is 6. The zero-order valence-electron chi connectivity index (χ0n) is 18.9. The highest BCUT2D eigenvalue weighted by Crippen LogP contribution is 2.26. The third-order valence-electron chi connectivity index (χ3n) is 6.31. The van der Waals surface area contributed by atoms with E-state index in [-0.39, 0.29) is 19.3 Å². The van der Waals surface area contributed by atoms with Crippen molar-refractivity contribution in [2.75, 3.05) is 11.9 Å². The van der Waals surface area contributed by atoms with E-state index >= 15 is 0 Å². The quantitative estimate of drug-likeness (QED) is 0.561. The second kappa shape index (κ2) is 9.75. The van der Waals surface area contributed by atoms with Gasteiger partial charge in [-0.05, 0) is 31.1 Å². The van der Waals surface area contributed by atoms with E-state index in [9.17, 15) is 5.26 Å². The molecule has 4 heterocycles. The summed E-state index contributed by atoms with van der Waals surface area (Å²) >= 11 is 1.63. The highest BCUT2D eigenvalue weighted by Gasteiger charge is 2.27. The van der Waals surface area contributed by atoms with Gasteiger partial charge in [0.15, 0.2) is 5.65 Å². The van der Waals surface area contributed by atoms with Gasteiger partial charge in [0.05, 0.1) is 11.2 Å². The molecule has 1 aliphatic heterocycles. The molecule has 0 spiro atoms. The fraction of sp³-hybridized carbons (Fsp3) is 0.500. The molecule has 4 rings (SSSR count). The topological polar surface area (TPSA) is 103 Å². The van der Waals surface area contributed by atoms with Crippen molar-refractivity contribution >= 4 is 41.8 Å². The van der Waals surface area contributed by atoms with Gasteiger partial charge in [0.2, 0.25) is 0 Å². The molecular formula is C22H27B2N7S. The fourth-order valence-electron chi connectivity index (χ4n) is 4.38. The lowest BCUT2D eigenvalue weighted by Crippen LogP contribution is -2.38. The first-order valence-electron chi connectivity index (χ1n) is 11.3. The molecule has 0 saturated carbocycles. The van der Waals surface area contributed by atoms with E-state index in [0.717, 1.165) is 64.5 Å². The van der Waals surface area contributed by atoms with Crippen LogP contribution in [-0.2, 0) is 6.32 Å². The third kappa shape index (κ3) is 4.81. The molecule has 0 atom stereocenters. The number of aromatic nitrogens is 4. The average molecular weight is 443 g/mol. The maximum Gasteiger partial charge on any atom is 0.329 e. The molecule has 0 aromatic carbocycles. The Balaban J connectivity index is 1.62. The molecule has 10 heteroatoms. The number of hydrogen-bond donors (Lipinski definition) is 1. The molecule has 32 heavy (non-hydrogen) atoms. The monoisotopic (exact) mass is 443 g/mol. The van der Waals surface area contributed by atoms with E-state index < -0.39 is 0 Å². The molecular weight excluding hydrogens is 416 g/mol. The summed E-state index contributed by atoms with van der Waals surface area (Å²) in [6.07, 6.45) is 8.36. The van der Waals surface area contributed by atoms with Gasteiger partial charge in [-0.1, -0.05) is 39.3 Å². The Labute approximate surface area is 194 Å². The number of anilines is 1. The van der Waals surface area contributed by atoms with Crippen molar-refractivity contribution in [1.29, 1.82) is 10.5 Å². The number of rotatable bonds is 7. The number of nitriles is 2. The Morgan fingerprint density at radius 3 is 2.72 bits per heavy atom. The molecule has 1 N–H and O–H groups in total.